The molecule has 0 unspecified atom stereocenters. The van der Waals surface area contributed by atoms with Gasteiger partial charge in [0.25, 0.3) is 15.9 Å². The number of nitrogens with zero attached hydrogens (tertiary/aromatic N) is 1. The maximum atomic E-state index is 12.6. The molecule has 0 fully saturated rings. The molecule has 30 heavy (non-hydrogen) atoms. The van der Waals surface area contributed by atoms with E-state index in [1.807, 2.05) is 0 Å². The van der Waals surface area contributed by atoms with E-state index in [0.29, 0.717) is 28.4 Å². The zero-order valence-corrected chi connectivity index (χ0v) is 17.7. The lowest BCUT2D eigenvalue weighted by Crippen LogP contribution is -2.15. The van der Waals surface area contributed by atoms with Crippen LogP contribution < -0.4 is 19.5 Å². The Balaban J connectivity index is 1.75. The Bertz CT molecular complexity index is 1150. The van der Waals surface area contributed by atoms with Crippen LogP contribution in [0.1, 0.15) is 21.8 Å². The summed E-state index contributed by atoms with van der Waals surface area (Å²) < 4.78 is 42.9. The second-order valence-corrected chi connectivity index (χ2v) is 7.98. The van der Waals surface area contributed by atoms with Gasteiger partial charge in [-0.15, -0.1) is 0 Å². The number of ether oxygens (including phenoxy) is 2. The van der Waals surface area contributed by atoms with Crippen molar-refractivity contribution in [3.05, 3.63) is 59.5 Å². The summed E-state index contributed by atoms with van der Waals surface area (Å²) in [6, 6.07) is 11.0. The van der Waals surface area contributed by atoms with E-state index in [-0.39, 0.29) is 22.3 Å². The SMILES string of the molecule is COc1ccc(NC(=O)c2ccc(NS(=O)(=O)c3c(C)noc3C)cc2)c(OC)c1. The molecule has 3 rings (SSSR count). The van der Waals surface area contributed by atoms with Crippen LogP contribution in [0.15, 0.2) is 51.9 Å². The van der Waals surface area contributed by atoms with Crippen molar-refractivity contribution < 1.29 is 27.2 Å². The smallest absolute Gasteiger partial charge is 0.267 e. The van der Waals surface area contributed by atoms with Crippen molar-refractivity contribution in [2.75, 3.05) is 24.3 Å². The molecule has 1 heterocycles. The number of aromatic nitrogens is 1. The highest BCUT2D eigenvalue weighted by molar-refractivity contribution is 7.92. The van der Waals surface area contributed by atoms with Crippen molar-refractivity contribution >= 4 is 27.3 Å². The van der Waals surface area contributed by atoms with Crippen LogP contribution in [-0.4, -0.2) is 33.7 Å². The van der Waals surface area contributed by atoms with Crippen molar-refractivity contribution in [3.8, 4) is 11.5 Å². The summed E-state index contributed by atoms with van der Waals surface area (Å²) in [5, 5.41) is 6.42. The van der Waals surface area contributed by atoms with Crippen molar-refractivity contribution in [3.63, 3.8) is 0 Å². The highest BCUT2D eigenvalue weighted by Gasteiger charge is 2.24. The number of amides is 1. The van der Waals surface area contributed by atoms with E-state index in [0.717, 1.165) is 0 Å². The molecular formula is C20H21N3O6S. The Kier molecular flexibility index (Phi) is 5.97. The molecule has 1 amide bonds. The Morgan fingerprint density at radius 3 is 2.30 bits per heavy atom. The molecule has 0 radical (unpaired) electrons. The van der Waals surface area contributed by atoms with Crippen molar-refractivity contribution in [1.82, 2.24) is 5.16 Å². The van der Waals surface area contributed by atoms with Gasteiger partial charge in [0, 0.05) is 17.3 Å². The van der Waals surface area contributed by atoms with E-state index in [1.54, 1.807) is 25.1 Å². The molecule has 3 aromatic rings. The Labute approximate surface area is 174 Å². The minimum absolute atomic E-state index is 0.00378. The third-order valence-corrected chi connectivity index (χ3v) is 5.92. The van der Waals surface area contributed by atoms with Crippen LogP contribution in [0.4, 0.5) is 11.4 Å². The molecule has 0 bridgehead atoms. The maximum absolute atomic E-state index is 12.6. The van der Waals surface area contributed by atoms with Gasteiger partial charge in [-0.3, -0.25) is 9.52 Å². The average molecular weight is 431 g/mol. The first kappa shape index (κ1) is 21.2. The average Bonchev–Trinajstić information content (AvgIpc) is 3.07. The number of hydrogen-bond acceptors (Lipinski definition) is 7. The second-order valence-electron chi connectivity index (χ2n) is 6.36. The number of aryl methyl sites for hydroxylation is 2. The fraction of sp³-hybridized carbons (Fsp3) is 0.200. The van der Waals surface area contributed by atoms with E-state index >= 15 is 0 Å². The first-order valence-corrected chi connectivity index (χ1v) is 10.3. The van der Waals surface area contributed by atoms with Crippen LogP contribution in [0.3, 0.4) is 0 Å². The Morgan fingerprint density at radius 2 is 1.73 bits per heavy atom. The van der Waals surface area contributed by atoms with E-state index in [2.05, 4.69) is 15.2 Å². The van der Waals surface area contributed by atoms with E-state index in [9.17, 15) is 13.2 Å². The number of sulfonamides is 1. The topological polar surface area (TPSA) is 120 Å². The summed E-state index contributed by atoms with van der Waals surface area (Å²) in [4.78, 5) is 12.5. The predicted molar refractivity (Wildman–Crippen MR) is 111 cm³/mol. The zero-order chi connectivity index (χ0) is 21.9. The van der Waals surface area contributed by atoms with Gasteiger partial charge in [-0.1, -0.05) is 5.16 Å². The highest BCUT2D eigenvalue weighted by Crippen LogP contribution is 2.29. The van der Waals surface area contributed by atoms with Crippen molar-refractivity contribution in [1.29, 1.82) is 0 Å². The first-order chi connectivity index (χ1) is 14.2. The summed E-state index contributed by atoms with van der Waals surface area (Å²) in [6.07, 6.45) is 0. The number of rotatable bonds is 7. The third-order valence-electron chi connectivity index (χ3n) is 4.29. The van der Waals surface area contributed by atoms with Gasteiger partial charge in [0.05, 0.1) is 19.9 Å². The lowest BCUT2D eigenvalue weighted by Gasteiger charge is -2.12. The number of hydrogen-bond donors (Lipinski definition) is 2. The Morgan fingerprint density at radius 1 is 1.03 bits per heavy atom. The van der Waals surface area contributed by atoms with Crippen LogP contribution >= 0.6 is 0 Å². The molecule has 0 aliphatic heterocycles. The maximum Gasteiger partial charge on any atom is 0.267 e. The summed E-state index contributed by atoms with van der Waals surface area (Å²) in [6.45, 7) is 3.07. The molecule has 0 aliphatic carbocycles. The van der Waals surface area contributed by atoms with Gasteiger partial charge in [-0.05, 0) is 50.2 Å². The van der Waals surface area contributed by atoms with Gasteiger partial charge in [-0.25, -0.2) is 8.42 Å². The third kappa shape index (κ3) is 4.38. The van der Waals surface area contributed by atoms with Gasteiger partial charge >= 0.3 is 0 Å². The van der Waals surface area contributed by atoms with Crippen molar-refractivity contribution in [2.24, 2.45) is 0 Å². The molecule has 2 N–H and O–H groups in total. The normalized spacial score (nSPS) is 11.1. The fourth-order valence-corrected chi connectivity index (χ4v) is 4.24. The number of nitrogens with one attached hydrogen (secondary N) is 2. The van der Waals surface area contributed by atoms with Gasteiger partial charge in [0.2, 0.25) is 0 Å². The molecule has 2 aromatic carbocycles. The molecule has 0 aliphatic rings. The molecule has 1 aromatic heterocycles. The molecule has 158 valence electrons. The quantitative estimate of drug-likeness (QED) is 0.588. The van der Waals surface area contributed by atoms with Crippen LogP contribution in [0, 0.1) is 13.8 Å². The minimum atomic E-state index is -3.86. The van der Waals surface area contributed by atoms with Crippen LogP contribution in [-0.2, 0) is 10.0 Å². The highest BCUT2D eigenvalue weighted by atomic mass is 32.2. The van der Waals surface area contributed by atoms with Gasteiger partial charge in [0.15, 0.2) is 10.7 Å². The number of anilines is 2. The summed E-state index contributed by atoms with van der Waals surface area (Å²) in [5.41, 5.74) is 1.39. The number of carbonyl (C=O) groups is 1. The molecule has 0 atom stereocenters. The summed E-state index contributed by atoms with van der Waals surface area (Å²) in [7, 11) is -0.837. The van der Waals surface area contributed by atoms with Crippen LogP contribution in [0.5, 0.6) is 11.5 Å². The van der Waals surface area contributed by atoms with Crippen LogP contribution in [0.25, 0.3) is 0 Å². The molecule has 9 nitrogen and oxygen atoms in total. The number of methoxy groups -OCH3 is 2. The van der Waals surface area contributed by atoms with Gasteiger partial charge in [0.1, 0.15) is 17.2 Å². The molecule has 0 spiro atoms. The largest absolute Gasteiger partial charge is 0.497 e. The minimum Gasteiger partial charge on any atom is -0.497 e. The first-order valence-electron chi connectivity index (χ1n) is 8.84. The number of carbonyl (C=O) groups excluding carboxylic acids is 1. The molecule has 0 saturated carbocycles. The standard InChI is InChI=1S/C20H21N3O6S/c1-12-19(13(2)29-22-12)30(25,26)23-15-7-5-14(6-8-15)20(24)21-17-10-9-16(27-3)11-18(17)28-4/h5-11,23H,1-4H3,(H,21,24). The van der Waals surface area contributed by atoms with E-state index in [4.69, 9.17) is 14.0 Å². The van der Waals surface area contributed by atoms with Crippen LogP contribution in [0.2, 0.25) is 0 Å². The molecule has 0 saturated heterocycles. The lowest BCUT2D eigenvalue weighted by molar-refractivity contribution is 0.102. The Hall–Kier alpha value is -3.53. The summed E-state index contributed by atoms with van der Waals surface area (Å²) >= 11 is 0. The molecular weight excluding hydrogens is 410 g/mol. The number of benzene rings is 2. The van der Waals surface area contributed by atoms with E-state index in [1.165, 1.54) is 45.4 Å². The second kappa shape index (κ2) is 8.46. The van der Waals surface area contributed by atoms with Gasteiger partial charge in [-0.2, -0.15) is 0 Å². The predicted octanol–water partition coefficient (Wildman–Crippen LogP) is 3.36. The zero-order valence-electron chi connectivity index (χ0n) is 16.8. The fourth-order valence-electron chi connectivity index (χ4n) is 2.85. The van der Waals surface area contributed by atoms with Gasteiger partial charge < -0.3 is 19.3 Å². The monoisotopic (exact) mass is 431 g/mol. The van der Waals surface area contributed by atoms with E-state index < -0.39 is 10.0 Å². The van der Waals surface area contributed by atoms with Crippen molar-refractivity contribution in [2.45, 2.75) is 18.7 Å². The molecule has 10 heteroatoms. The lowest BCUT2D eigenvalue weighted by atomic mass is 10.2. The summed E-state index contributed by atoms with van der Waals surface area (Å²) in [5.74, 6) is 0.870.